The van der Waals surface area contributed by atoms with Crippen molar-refractivity contribution in [3.05, 3.63) is 0 Å². The summed E-state index contributed by atoms with van der Waals surface area (Å²) in [5.41, 5.74) is 0. The third-order valence-corrected chi connectivity index (χ3v) is 3.69. The number of aliphatic carboxylic acids is 1. The van der Waals surface area contributed by atoms with E-state index in [2.05, 4.69) is 10.2 Å². The molecule has 6 nitrogen and oxygen atoms in total. The van der Waals surface area contributed by atoms with Crippen molar-refractivity contribution in [1.82, 2.24) is 10.2 Å². The van der Waals surface area contributed by atoms with E-state index in [1.54, 1.807) is 6.92 Å². The summed E-state index contributed by atoms with van der Waals surface area (Å²) in [4.78, 5) is 24.6. The molecule has 0 aromatic carbocycles. The van der Waals surface area contributed by atoms with Crippen LogP contribution in [0.25, 0.3) is 0 Å². The number of likely N-dealkylation sites (tertiary alicyclic amines) is 1. The first-order chi connectivity index (χ1) is 9.08. The van der Waals surface area contributed by atoms with Crippen molar-refractivity contribution in [3.63, 3.8) is 0 Å². The standard InChI is InChI=1S/C13H22N2O4/c1-2-19-13(18)14-10-5-9(6-12(16)17)7-15(8-10)11-3-4-11/h9-11H,2-8H2,1H3,(H,14,18)(H,16,17). The normalized spacial score (nSPS) is 27.8. The van der Waals surface area contributed by atoms with Crippen molar-refractivity contribution in [2.45, 2.75) is 44.7 Å². The molecule has 0 spiro atoms. The molecular weight excluding hydrogens is 248 g/mol. The van der Waals surface area contributed by atoms with Crippen LogP contribution in [-0.4, -0.2) is 53.8 Å². The van der Waals surface area contributed by atoms with E-state index >= 15 is 0 Å². The molecule has 2 aliphatic rings. The Bertz CT molecular complexity index is 344. The molecule has 2 N–H and O–H groups in total. The highest BCUT2D eigenvalue weighted by molar-refractivity contribution is 5.68. The van der Waals surface area contributed by atoms with Gasteiger partial charge >= 0.3 is 12.1 Å². The molecule has 1 saturated heterocycles. The molecule has 2 atom stereocenters. The lowest BCUT2D eigenvalue weighted by atomic mass is 9.91. The fraction of sp³-hybridized carbons (Fsp3) is 0.846. The molecule has 2 rings (SSSR count). The van der Waals surface area contributed by atoms with E-state index in [0.717, 1.165) is 13.1 Å². The topological polar surface area (TPSA) is 78.9 Å². The van der Waals surface area contributed by atoms with Gasteiger partial charge in [0.15, 0.2) is 0 Å². The number of alkyl carbamates (subject to hydrolysis) is 1. The van der Waals surface area contributed by atoms with E-state index in [1.807, 2.05) is 0 Å². The predicted molar refractivity (Wildman–Crippen MR) is 68.9 cm³/mol. The molecule has 1 amide bonds. The van der Waals surface area contributed by atoms with Gasteiger partial charge in [0.1, 0.15) is 0 Å². The SMILES string of the molecule is CCOC(=O)NC1CC(CC(=O)O)CN(C2CC2)C1. The monoisotopic (exact) mass is 270 g/mol. The van der Waals surface area contributed by atoms with Gasteiger partial charge in [0.2, 0.25) is 0 Å². The summed E-state index contributed by atoms with van der Waals surface area (Å²) in [7, 11) is 0. The molecule has 1 saturated carbocycles. The smallest absolute Gasteiger partial charge is 0.407 e. The average Bonchev–Trinajstić information content (AvgIpc) is 3.11. The summed E-state index contributed by atoms with van der Waals surface area (Å²) in [5, 5.41) is 11.8. The molecular formula is C13H22N2O4. The van der Waals surface area contributed by atoms with Crippen LogP contribution in [-0.2, 0) is 9.53 Å². The highest BCUT2D eigenvalue weighted by atomic mass is 16.5. The molecule has 0 aromatic rings. The molecule has 19 heavy (non-hydrogen) atoms. The molecule has 108 valence electrons. The molecule has 6 heteroatoms. The van der Waals surface area contributed by atoms with Gasteiger partial charge in [0.25, 0.3) is 0 Å². The number of nitrogens with zero attached hydrogens (tertiary/aromatic N) is 1. The maximum atomic E-state index is 11.5. The maximum Gasteiger partial charge on any atom is 0.407 e. The minimum atomic E-state index is -0.766. The van der Waals surface area contributed by atoms with Gasteiger partial charge in [-0.05, 0) is 32.1 Å². The second kappa shape index (κ2) is 6.23. The van der Waals surface area contributed by atoms with E-state index in [1.165, 1.54) is 12.8 Å². The highest BCUT2D eigenvalue weighted by Gasteiger charge is 2.37. The fourth-order valence-electron chi connectivity index (χ4n) is 2.82. The Labute approximate surface area is 113 Å². The molecule has 0 bridgehead atoms. The molecule has 0 aromatic heterocycles. The molecule has 1 aliphatic heterocycles. The first kappa shape index (κ1) is 14.1. The lowest BCUT2D eigenvalue weighted by Crippen LogP contribution is -2.51. The highest BCUT2D eigenvalue weighted by Crippen LogP contribution is 2.32. The largest absolute Gasteiger partial charge is 0.481 e. The van der Waals surface area contributed by atoms with E-state index in [9.17, 15) is 9.59 Å². The number of carboxylic acid groups (broad SMARTS) is 1. The van der Waals surface area contributed by atoms with Gasteiger partial charge in [-0.3, -0.25) is 9.69 Å². The number of rotatable bonds is 5. The van der Waals surface area contributed by atoms with Gasteiger partial charge < -0.3 is 15.2 Å². The minimum absolute atomic E-state index is 0.00208. The summed E-state index contributed by atoms with van der Waals surface area (Å²) >= 11 is 0. The second-order valence-electron chi connectivity index (χ2n) is 5.45. The lowest BCUT2D eigenvalue weighted by Gasteiger charge is -2.37. The molecule has 1 heterocycles. The molecule has 2 fully saturated rings. The molecule has 1 aliphatic carbocycles. The number of ether oxygens (including phenoxy) is 1. The third kappa shape index (κ3) is 4.38. The fourth-order valence-corrected chi connectivity index (χ4v) is 2.82. The van der Waals surface area contributed by atoms with Gasteiger partial charge in [-0.25, -0.2) is 4.79 Å². The summed E-state index contributed by atoms with van der Waals surface area (Å²) < 4.78 is 4.89. The van der Waals surface area contributed by atoms with Gasteiger partial charge in [0, 0.05) is 31.6 Å². The zero-order chi connectivity index (χ0) is 13.8. The zero-order valence-corrected chi connectivity index (χ0v) is 11.3. The second-order valence-corrected chi connectivity index (χ2v) is 5.45. The summed E-state index contributed by atoms with van der Waals surface area (Å²) in [5.74, 6) is -0.656. The van der Waals surface area contributed by atoms with Crippen LogP contribution < -0.4 is 5.32 Å². The van der Waals surface area contributed by atoms with Gasteiger partial charge in [-0.2, -0.15) is 0 Å². The number of hydrogen-bond donors (Lipinski definition) is 2. The summed E-state index contributed by atoms with van der Waals surface area (Å²) in [6.07, 6.45) is 2.86. The Hall–Kier alpha value is -1.30. The van der Waals surface area contributed by atoms with Crippen molar-refractivity contribution in [2.24, 2.45) is 5.92 Å². The first-order valence-corrected chi connectivity index (χ1v) is 6.97. The van der Waals surface area contributed by atoms with Crippen molar-refractivity contribution >= 4 is 12.1 Å². The van der Waals surface area contributed by atoms with Crippen LogP contribution >= 0.6 is 0 Å². The average molecular weight is 270 g/mol. The van der Waals surface area contributed by atoms with Crippen molar-refractivity contribution in [3.8, 4) is 0 Å². The van der Waals surface area contributed by atoms with Crippen LogP contribution in [0.5, 0.6) is 0 Å². The summed E-state index contributed by atoms with van der Waals surface area (Å²) in [6.45, 7) is 3.76. The number of hydrogen-bond acceptors (Lipinski definition) is 4. The Morgan fingerprint density at radius 3 is 2.68 bits per heavy atom. The quantitative estimate of drug-likeness (QED) is 0.781. The van der Waals surface area contributed by atoms with Crippen LogP contribution in [0.1, 0.15) is 32.6 Å². The lowest BCUT2D eigenvalue weighted by molar-refractivity contribution is -0.138. The van der Waals surface area contributed by atoms with Crippen LogP contribution in [0, 0.1) is 5.92 Å². The number of amides is 1. The van der Waals surface area contributed by atoms with Crippen LogP contribution in [0.15, 0.2) is 0 Å². The maximum absolute atomic E-state index is 11.5. The number of carbonyl (C=O) groups excluding carboxylic acids is 1. The van der Waals surface area contributed by atoms with E-state index in [-0.39, 0.29) is 18.4 Å². The van der Waals surface area contributed by atoms with E-state index in [4.69, 9.17) is 9.84 Å². The van der Waals surface area contributed by atoms with Crippen molar-refractivity contribution < 1.29 is 19.4 Å². The first-order valence-electron chi connectivity index (χ1n) is 6.97. The number of carbonyl (C=O) groups is 2. The van der Waals surface area contributed by atoms with Gasteiger partial charge in [-0.15, -0.1) is 0 Å². The van der Waals surface area contributed by atoms with Crippen LogP contribution in [0.4, 0.5) is 4.79 Å². The Kier molecular flexibility index (Phi) is 4.63. The number of nitrogens with one attached hydrogen (secondary N) is 1. The van der Waals surface area contributed by atoms with Crippen LogP contribution in [0.2, 0.25) is 0 Å². The van der Waals surface area contributed by atoms with Crippen LogP contribution in [0.3, 0.4) is 0 Å². The van der Waals surface area contributed by atoms with Gasteiger partial charge in [-0.1, -0.05) is 0 Å². The third-order valence-electron chi connectivity index (χ3n) is 3.69. The number of piperidine rings is 1. The van der Waals surface area contributed by atoms with Crippen molar-refractivity contribution in [1.29, 1.82) is 0 Å². The Morgan fingerprint density at radius 2 is 2.11 bits per heavy atom. The summed E-state index contributed by atoms with van der Waals surface area (Å²) in [6, 6.07) is 0.584. The number of carboxylic acids is 1. The Balaban J connectivity index is 1.89. The zero-order valence-electron chi connectivity index (χ0n) is 11.3. The Morgan fingerprint density at radius 1 is 1.37 bits per heavy atom. The van der Waals surface area contributed by atoms with E-state index in [0.29, 0.717) is 19.1 Å². The van der Waals surface area contributed by atoms with Crippen molar-refractivity contribution in [2.75, 3.05) is 19.7 Å². The predicted octanol–water partition coefficient (Wildman–Crippen LogP) is 1.06. The van der Waals surface area contributed by atoms with E-state index < -0.39 is 12.1 Å². The minimum Gasteiger partial charge on any atom is -0.481 e. The molecule has 0 radical (unpaired) electrons. The van der Waals surface area contributed by atoms with Gasteiger partial charge in [0.05, 0.1) is 6.61 Å². The molecule has 2 unspecified atom stereocenters.